The second-order valence-electron chi connectivity index (χ2n) is 9.41. The normalized spacial score (nSPS) is 15.1. The Bertz CT molecular complexity index is 1220. The van der Waals surface area contributed by atoms with Gasteiger partial charge in [0.15, 0.2) is 5.43 Å². The van der Waals surface area contributed by atoms with E-state index in [4.69, 9.17) is 13.9 Å². The number of rotatable bonds is 7. The first-order valence-electron chi connectivity index (χ1n) is 11.0. The molecule has 0 saturated carbocycles. The average Bonchev–Trinajstić information content (AvgIpc) is 3.29. The third-order valence-electron chi connectivity index (χ3n) is 6.08. The van der Waals surface area contributed by atoms with E-state index < -0.39 is 11.4 Å². The van der Waals surface area contributed by atoms with Crippen LogP contribution in [0.4, 0.5) is 0 Å². The van der Waals surface area contributed by atoms with Gasteiger partial charge in [-0.3, -0.25) is 4.79 Å². The lowest BCUT2D eigenvalue weighted by Crippen LogP contribution is -2.32. The third-order valence-corrected chi connectivity index (χ3v) is 6.08. The first-order chi connectivity index (χ1) is 15.7. The van der Waals surface area contributed by atoms with Crippen molar-refractivity contribution in [3.8, 4) is 28.3 Å². The molecule has 1 atom stereocenters. The molecule has 1 N–H and O–H groups in total. The minimum absolute atomic E-state index is 0.0329. The van der Waals surface area contributed by atoms with Crippen LogP contribution < -0.4 is 10.2 Å². The summed E-state index contributed by atoms with van der Waals surface area (Å²) >= 11 is 0. The number of carboxylic acids is 1. The molecule has 33 heavy (non-hydrogen) atoms. The van der Waals surface area contributed by atoms with Crippen LogP contribution in [-0.2, 0) is 11.2 Å². The number of ether oxygens (including phenoxy) is 2. The number of benzene rings is 1. The van der Waals surface area contributed by atoms with Gasteiger partial charge in [-0.15, -0.1) is 0 Å². The summed E-state index contributed by atoms with van der Waals surface area (Å²) in [6, 6.07) is 9.09. The molecule has 1 aliphatic rings. The molecule has 1 aliphatic heterocycles. The van der Waals surface area contributed by atoms with Crippen molar-refractivity contribution < 1.29 is 23.8 Å². The third kappa shape index (κ3) is 4.46. The second-order valence-corrected chi connectivity index (χ2v) is 9.41. The van der Waals surface area contributed by atoms with Gasteiger partial charge in [0.2, 0.25) is 0 Å². The van der Waals surface area contributed by atoms with Crippen molar-refractivity contribution in [2.24, 2.45) is 5.41 Å². The Morgan fingerprint density at radius 3 is 2.64 bits per heavy atom. The van der Waals surface area contributed by atoms with Crippen LogP contribution in [0.25, 0.3) is 22.6 Å². The van der Waals surface area contributed by atoms with E-state index in [9.17, 15) is 14.7 Å². The van der Waals surface area contributed by atoms with Crippen molar-refractivity contribution in [2.45, 2.75) is 39.7 Å². The Hall–Kier alpha value is -3.32. The first-order valence-corrected chi connectivity index (χ1v) is 11.0. The Morgan fingerprint density at radius 1 is 1.21 bits per heavy atom. The summed E-state index contributed by atoms with van der Waals surface area (Å²) < 4.78 is 18.9. The molecule has 0 amide bonds. The molecule has 7 nitrogen and oxygen atoms in total. The van der Waals surface area contributed by atoms with E-state index in [0.717, 1.165) is 23.1 Å². The van der Waals surface area contributed by atoms with Crippen LogP contribution in [0.2, 0.25) is 0 Å². The fraction of sp³-hybridized carbons (Fsp3) is 0.385. The van der Waals surface area contributed by atoms with Crippen molar-refractivity contribution in [1.29, 1.82) is 0 Å². The summed E-state index contributed by atoms with van der Waals surface area (Å²) in [5.41, 5.74) is 2.51. The van der Waals surface area contributed by atoms with E-state index >= 15 is 0 Å². The lowest BCUT2D eigenvalue weighted by Gasteiger charge is -2.39. The summed E-state index contributed by atoms with van der Waals surface area (Å²) in [7, 11) is 1.66. The predicted octanol–water partition coefficient (Wildman–Crippen LogP) is 5.03. The molecule has 0 fully saturated rings. The van der Waals surface area contributed by atoms with Crippen LogP contribution in [0.15, 0.2) is 52.0 Å². The van der Waals surface area contributed by atoms with Gasteiger partial charge in [0.05, 0.1) is 24.1 Å². The molecule has 1 unspecified atom stereocenters. The van der Waals surface area contributed by atoms with E-state index in [1.54, 1.807) is 13.4 Å². The van der Waals surface area contributed by atoms with Gasteiger partial charge >= 0.3 is 5.97 Å². The maximum Gasteiger partial charge on any atom is 0.341 e. The molecule has 174 valence electrons. The number of carboxylic acid groups (broad SMARTS) is 1. The molecule has 0 saturated heterocycles. The molecular weight excluding hydrogens is 422 g/mol. The number of methoxy groups -OCH3 is 1. The number of hydrogen-bond donors (Lipinski definition) is 1. The molecule has 3 heterocycles. The van der Waals surface area contributed by atoms with E-state index in [0.29, 0.717) is 36.8 Å². The van der Waals surface area contributed by atoms with Crippen molar-refractivity contribution >= 4 is 5.97 Å². The average molecular weight is 452 g/mol. The summed E-state index contributed by atoms with van der Waals surface area (Å²) in [6.07, 6.45) is 4.53. The van der Waals surface area contributed by atoms with Gasteiger partial charge in [0, 0.05) is 44.0 Å². The number of fused-ring (bicyclic) bond motifs is 3. The Kier molecular flexibility index (Phi) is 6.17. The zero-order valence-electron chi connectivity index (χ0n) is 19.4. The van der Waals surface area contributed by atoms with Gasteiger partial charge in [-0.05, 0) is 41.7 Å². The van der Waals surface area contributed by atoms with E-state index in [2.05, 4.69) is 20.8 Å². The zero-order valence-corrected chi connectivity index (χ0v) is 19.4. The van der Waals surface area contributed by atoms with E-state index in [1.807, 2.05) is 28.8 Å². The van der Waals surface area contributed by atoms with Crippen molar-refractivity contribution in [1.82, 2.24) is 4.57 Å². The van der Waals surface area contributed by atoms with Gasteiger partial charge in [-0.2, -0.15) is 0 Å². The molecule has 4 rings (SSSR count). The molecule has 0 radical (unpaired) electrons. The van der Waals surface area contributed by atoms with Crippen molar-refractivity contribution in [2.75, 3.05) is 20.3 Å². The summed E-state index contributed by atoms with van der Waals surface area (Å²) in [5, 5.41) is 9.53. The lowest BCUT2D eigenvalue weighted by atomic mass is 9.78. The van der Waals surface area contributed by atoms with Crippen LogP contribution in [0.1, 0.15) is 49.2 Å². The van der Waals surface area contributed by atoms with Gasteiger partial charge in [0.1, 0.15) is 17.1 Å². The molecular formula is C26H29NO6. The van der Waals surface area contributed by atoms with E-state index in [1.165, 1.54) is 12.3 Å². The highest BCUT2D eigenvalue weighted by Gasteiger charge is 2.34. The minimum atomic E-state index is -1.22. The maximum atomic E-state index is 12.6. The van der Waals surface area contributed by atoms with Crippen LogP contribution in [-0.4, -0.2) is 36.0 Å². The number of nitrogens with zero attached hydrogens (tertiary/aromatic N) is 1. The molecule has 0 bridgehead atoms. The number of aromatic nitrogens is 1. The standard InChI is InChI=1S/C26H29NO6/c1-26(2,3)24-12-16-11-23(33-10-6-8-31-4)18(22-7-5-9-32-22)13-17(16)20-14-21(28)19(25(29)30)15-27(20)24/h5,7,9,11,13-15,24H,6,8,10,12H2,1-4H3,(H,29,30). The summed E-state index contributed by atoms with van der Waals surface area (Å²) in [4.78, 5) is 24.3. The summed E-state index contributed by atoms with van der Waals surface area (Å²) in [5.74, 6) is 0.156. The first kappa shape index (κ1) is 22.9. The van der Waals surface area contributed by atoms with Crippen LogP contribution in [0, 0.1) is 5.41 Å². The van der Waals surface area contributed by atoms with Crippen LogP contribution in [0.3, 0.4) is 0 Å². The van der Waals surface area contributed by atoms with Gasteiger partial charge < -0.3 is 23.6 Å². The van der Waals surface area contributed by atoms with E-state index in [-0.39, 0.29) is 17.0 Å². The van der Waals surface area contributed by atoms with Crippen molar-refractivity contribution in [3.63, 3.8) is 0 Å². The topological polar surface area (TPSA) is 90.9 Å². The van der Waals surface area contributed by atoms with Gasteiger partial charge in [-0.25, -0.2) is 4.79 Å². The molecule has 7 heteroatoms. The second kappa shape index (κ2) is 8.90. The van der Waals surface area contributed by atoms with Gasteiger partial charge in [0.25, 0.3) is 0 Å². The predicted molar refractivity (Wildman–Crippen MR) is 125 cm³/mol. The highest BCUT2D eigenvalue weighted by atomic mass is 16.5. The zero-order chi connectivity index (χ0) is 23.8. The number of aromatic carboxylic acids is 1. The quantitative estimate of drug-likeness (QED) is 0.507. The Labute approximate surface area is 192 Å². The molecule has 3 aromatic rings. The van der Waals surface area contributed by atoms with Gasteiger partial charge in [-0.1, -0.05) is 20.8 Å². The van der Waals surface area contributed by atoms with Crippen LogP contribution >= 0.6 is 0 Å². The molecule has 2 aromatic heterocycles. The van der Waals surface area contributed by atoms with Crippen LogP contribution in [0.5, 0.6) is 5.75 Å². The monoisotopic (exact) mass is 451 g/mol. The largest absolute Gasteiger partial charge is 0.493 e. The number of furan rings is 1. The highest BCUT2D eigenvalue weighted by molar-refractivity contribution is 5.88. The SMILES string of the molecule is COCCCOc1cc2c(cc1-c1ccco1)-c1cc(=O)c(C(=O)O)cn1C(C(C)(C)C)C2. The number of hydrogen-bond acceptors (Lipinski definition) is 5. The maximum absolute atomic E-state index is 12.6. The molecule has 0 aliphatic carbocycles. The fourth-order valence-corrected chi connectivity index (χ4v) is 4.37. The summed E-state index contributed by atoms with van der Waals surface area (Å²) in [6.45, 7) is 7.45. The molecule has 0 spiro atoms. The fourth-order valence-electron chi connectivity index (χ4n) is 4.37. The smallest absolute Gasteiger partial charge is 0.341 e. The minimum Gasteiger partial charge on any atom is -0.493 e. The van der Waals surface area contributed by atoms with Crippen molar-refractivity contribution in [3.05, 3.63) is 64.1 Å². The number of carbonyl (C=O) groups is 1. The lowest BCUT2D eigenvalue weighted by molar-refractivity contribution is 0.0693. The number of pyridine rings is 1. The molecule has 1 aromatic carbocycles. The highest BCUT2D eigenvalue weighted by Crippen LogP contribution is 2.46. The Morgan fingerprint density at radius 2 is 2.00 bits per heavy atom. The Balaban J connectivity index is 1.90.